The van der Waals surface area contributed by atoms with Gasteiger partial charge >= 0.3 is 11.7 Å². The molecule has 3 N–H and O–H groups in total. The van der Waals surface area contributed by atoms with E-state index < -0.39 is 0 Å². The number of hydrogen-bond acceptors (Lipinski definition) is 7. The molecule has 2 aliphatic rings. The molecule has 0 saturated carbocycles. The standard InChI is InChI=1S/C32H57N7O2/c1-4-7-18-37-20-14-25(15-21-37)12-10-11-13-27(26-16-22-38(23-17-26)19-8-5-2)39-30-28(34-32(39)40)29(33)35-31(36-30)41-24-9-6-3/h25-27H,4-24H2,1-3H3,(H,34,40)(H2,33,35,36). The van der Waals surface area contributed by atoms with Gasteiger partial charge in [0.15, 0.2) is 11.5 Å². The van der Waals surface area contributed by atoms with E-state index in [-0.39, 0.29) is 23.6 Å². The monoisotopic (exact) mass is 571 g/mol. The van der Waals surface area contributed by atoms with Gasteiger partial charge in [-0.3, -0.25) is 4.57 Å². The number of anilines is 1. The summed E-state index contributed by atoms with van der Waals surface area (Å²) in [5.74, 6) is 1.59. The fourth-order valence-corrected chi connectivity index (χ4v) is 6.87. The van der Waals surface area contributed by atoms with Gasteiger partial charge in [0.05, 0.1) is 6.61 Å². The van der Waals surface area contributed by atoms with Crippen molar-refractivity contribution in [1.82, 2.24) is 29.3 Å². The largest absolute Gasteiger partial charge is 0.463 e. The predicted octanol–water partition coefficient (Wildman–Crippen LogP) is 6.01. The zero-order chi connectivity index (χ0) is 29.0. The number of aromatic nitrogens is 4. The minimum Gasteiger partial charge on any atom is -0.463 e. The number of piperidine rings is 2. The van der Waals surface area contributed by atoms with Crippen LogP contribution in [0.2, 0.25) is 0 Å². The van der Waals surface area contributed by atoms with Crippen LogP contribution in [0, 0.1) is 11.8 Å². The van der Waals surface area contributed by atoms with E-state index in [1.807, 2.05) is 4.57 Å². The Balaban J connectivity index is 1.45. The van der Waals surface area contributed by atoms with Crippen molar-refractivity contribution in [2.45, 2.75) is 117 Å². The fourth-order valence-electron chi connectivity index (χ4n) is 6.87. The number of likely N-dealkylation sites (tertiary alicyclic amines) is 2. The number of rotatable bonds is 17. The van der Waals surface area contributed by atoms with Gasteiger partial charge in [0.25, 0.3) is 0 Å². The Morgan fingerprint density at radius 1 is 0.878 bits per heavy atom. The molecule has 4 heterocycles. The number of hydrogen-bond donors (Lipinski definition) is 2. The summed E-state index contributed by atoms with van der Waals surface area (Å²) in [5, 5.41) is 0. The maximum Gasteiger partial charge on any atom is 0.328 e. The number of H-pyrrole nitrogens is 1. The molecule has 41 heavy (non-hydrogen) atoms. The van der Waals surface area contributed by atoms with Crippen LogP contribution in [0.15, 0.2) is 4.79 Å². The van der Waals surface area contributed by atoms with Crippen LogP contribution in [-0.4, -0.2) is 75.2 Å². The quantitative estimate of drug-likeness (QED) is 0.224. The van der Waals surface area contributed by atoms with Crippen molar-refractivity contribution in [3.05, 3.63) is 10.5 Å². The Morgan fingerprint density at radius 3 is 2.15 bits per heavy atom. The maximum atomic E-state index is 13.5. The Morgan fingerprint density at radius 2 is 1.51 bits per heavy atom. The molecule has 1 unspecified atom stereocenters. The van der Waals surface area contributed by atoms with Gasteiger partial charge in [-0.15, -0.1) is 0 Å². The van der Waals surface area contributed by atoms with Gasteiger partial charge < -0.3 is 25.3 Å². The van der Waals surface area contributed by atoms with E-state index in [0.717, 1.165) is 57.5 Å². The van der Waals surface area contributed by atoms with E-state index in [4.69, 9.17) is 15.5 Å². The van der Waals surface area contributed by atoms with Gasteiger partial charge in [0.2, 0.25) is 0 Å². The van der Waals surface area contributed by atoms with Crippen LogP contribution in [0.5, 0.6) is 6.01 Å². The summed E-state index contributed by atoms with van der Waals surface area (Å²) in [6, 6.07) is 0.382. The van der Waals surface area contributed by atoms with Crippen LogP contribution in [0.3, 0.4) is 0 Å². The van der Waals surface area contributed by atoms with Crippen LogP contribution < -0.4 is 16.2 Å². The molecule has 232 valence electrons. The number of imidazole rings is 1. The van der Waals surface area contributed by atoms with Crippen LogP contribution >= 0.6 is 0 Å². The average Bonchev–Trinajstić information content (AvgIpc) is 3.32. The smallest absolute Gasteiger partial charge is 0.328 e. The minimum atomic E-state index is -0.121. The minimum absolute atomic E-state index is 0.109. The van der Waals surface area contributed by atoms with Crippen molar-refractivity contribution in [3.8, 4) is 6.01 Å². The lowest BCUT2D eigenvalue weighted by Gasteiger charge is -2.36. The van der Waals surface area contributed by atoms with E-state index in [0.29, 0.717) is 23.7 Å². The number of ether oxygens (including phenoxy) is 1. The summed E-state index contributed by atoms with van der Waals surface area (Å²) in [6.45, 7) is 14.4. The third-order valence-electron chi connectivity index (χ3n) is 9.54. The lowest BCUT2D eigenvalue weighted by molar-refractivity contribution is 0.141. The molecular weight excluding hydrogens is 514 g/mol. The van der Waals surface area contributed by atoms with Crippen LogP contribution in [0.4, 0.5) is 5.82 Å². The van der Waals surface area contributed by atoms with E-state index in [1.54, 1.807) is 0 Å². The highest BCUT2D eigenvalue weighted by atomic mass is 16.5. The van der Waals surface area contributed by atoms with Crippen molar-refractivity contribution in [1.29, 1.82) is 0 Å². The number of nitrogens with two attached hydrogens (primary N) is 1. The first-order valence-electron chi connectivity index (χ1n) is 16.9. The van der Waals surface area contributed by atoms with Crippen molar-refractivity contribution >= 4 is 17.0 Å². The lowest BCUT2D eigenvalue weighted by Crippen LogP contribution is -2.39. The first-order valence-corrected chi connectivity index (χ1v) is 16.9. The second-order valence-corrected chi connectivity index (χ2v) is 12.6. The molecule has 0 aromatic carbocycles. The molecule has 1 atom stereocenters. The van der Waals surface area contributed by atoms with Gasteiger partial charge in [-0.25, -0.2) is 4.79 Å². The Bertz CT molecular complexity index is 1080. The van der Waals surface area contributed by atoms with E-state index in [1.165, 1.54) is 77.5 Å². The third kappa shape index (κ3) is 8.93. The molecule has 2 saturated heterocycles. The zero-order valence-corrected chi connectivity index (χ0v) is 26.2. The molecule has 9 nitrogen and oxygen atoms in total. The SMILES string of the molecule is CCCCOc1nc(N)c2[nH]c(=O)n(C(CCCCC3CCN(CCCC)CC3)C3CCN(CCCC)CC3)c2n1. The van der Waals surface area contributed by atoms with E-state index in [9.17, 15) is 4.79 Å². The predicted molar refractivity (Wildman–Crippen MR) is 169 cm³/mol. The molecule has 2 aliphatic heterocycles. The molecular formula is C32H57N7O2. The second-order valence-electron chi connectivity index (χ2n) is 12.6. The number of nitrogen functional groups attached to an aromatic ring is 1. The van der Waals surface area contributed by atoms with Gasteiger partial charge in [0, 0.05) is 6.04 Å². The molecule has 9 heteroatoms. The summed E-state index contributed by atoms with van der Waals surface area (Å²) < 4.78 is 7.74. The molecule has 2 fully saturated rings. The first kappa shape index (κ1) is 31.8. The van der Waals surface area contributed by atoms with Crippen LogP contribution in [-0.2, 0) is 0 Å². The van der Waals surface area contributed by atoms with Crippen LogP contribution in [0.1, 0.15) is 117 Å². The first-order chi connectivity index (χ1) is 20.0. The summed E-state index contributed by atoms with van der Waals surface area (Å²) in [4.78, 5) is 30.8. The fraction of sp³-hybridized carbons (Fsp3) is 0.844. The molecule has 4 rings (SSSR count). The Labute approximate surface area is 247 Å². The second kappa shape index (κ2) is 16.5. The number of aromatic amines is 1. The molecule has 0 radical (unpaired) electrons. The molecule has 0 bridgehead atoms. The molecule has 0 spiro atoms. The number of nitrogens with zero attached hydrogens (tertiary/aromatic N) is 5. The average molecular weight is 572 g/mol. The van der Waals surface area contributed by atoms with Gasteiger partial charge in [-0.2, -0.15) is 9.97 Å². The normalized spacial score (nSPS) is 18.8. The number of unbranched alkanes of at least 4 members (excludes halogenated alkanes) is 4. The topological polar surface area (TPSA) is 105 Å². The molecule has 0 amide bonds. The lowest BCUT2D eigenvalue weighted by atomic mass is 9.85. The number of nitrogens with one attached hydrogen (secondary N) is 1. The van der Waals surface area contributed by atoms with Crippen molar-refractivity contribution < 1.29 is 4.74 Å². The molecule has 2 aromatic heterocycles. The molecule has 0 aliphatic carbocycles. The number of fused-ring (bicyclic) bond motifs is 1. The van der Waals surface area contributed by atoms with E-state index >= 15 is 0 Å². The summed E-state index contributed by atoms with van der Waals surface area (Å²) in [5.41, 5.74) is 7.33. The highest BCUT2D eigenvalue weighted by Crippen LogP contribution is 2.35. The van der Waals surface area contributed by atoms with Crippen molar-refractivity contribution in [2.24, 2.45) is 11.8 Å². The third-order valence-corrected chi connectivity index (χ3v) is 9.54. The Hall–Kier alpha value is -2.13. The van der Waals surface area contributed by atoms with Gasteiger partial charge in [-0.05, 0) is 102 Å². The Kier molecular flexibility index (Phi) is 12.8. The van der Waals surface area contributed by atoms with Crippen molar-refractivity contribution in [3.63, 3.8) is 0 Å². The van der Waals surface area contributed by atoms with Crippen molar-refractivity contribution in [2.75, 3.05) is 51.6 Å². The highest BCUT2D eigenvalue weighted by Gasteiger charge is 2.31. The van der Waals surface area contributed by atoms with Gasteiger partial charge in [0.1, 0.15) is 5.52 Å². The highest BCUT2D eigenvalue weighted by molar-refractivity contribution is 5.82. The summed E-state index contributed by atoms with van der Waals surface area (Å²) in [6.07, 6.45) is 16.6. The van der Waals surface area contributed by atoms with E-state index in [2.05, 4.69) is 40.5 Å². The summed E-state index contributed by atoms with van der Waals surface area (Å²) in [7, 11) is 0. The zero-order valence-electron chi connectivity index (χ0n) is 26.2. The van der Waals surface area contributed by atoms with Gasteiger partial charge in [-0.1, -0.05) is 59.3 Å². The summed E-state index contributed by atoms with van der Waals surface area (Å²) >= 11 is 0. The van der Waals surface area contributed by atoms with Crippen LogP contribution in [0.25, 0.3) is 11.2 Å². The molecule has 2 aromatic rings. The maximum absolute atomic E-state index is 13.5.